The number of nitrogens with one attached hydrogen (secondary N) is 1. The number of aromatic amines is 1. The van der Waals surface area contributed by atoms with Crippen LogP contribution in [-0.2, 0) is 16.0 Å². The first-order valence-electron chi connectivity index (χ1n) is 11.6. The second-order valence-electron chi connectivity index (χ2n) is 8.91. The summed E-state index contributed by atoms with van der Waals surface area (Å²) in [6.45, 7) is 2.99. The number of H-pyrrole nitrogens is 1. The molecule has 1 aliphatic carbocycles. The smallest absolute Gasteiger partial charge is 0.262 e. The van der Waals surface area contributed by atoms with Crippen molar-refractivity contribution in [1.82, 2.24) is 14.5 Å². The Bertz CT molecular complexity index is 1170. The number of allylic oxidation sites excluding steroid dienone is 2. The first-order valence-corrected chi connectivity index (χ1v) is 12.0. The van der Waals surface area contributed by atoms with E-state index in [0.717, 1.165) is 19.3 Å². The third-order valence-corrected chi connectivity index (χ3v) is 7.22. The molecule has 1 aromatic carbocycles. The van der Waals surface area contributed by atoms with E-state index in [4.69, 9.17) is 21.7 Å². The van der Waals surface area contributed by atoms with Gasteiger partial charge in [0.25, 0.3) is 11.5 Å². The van der Waals surface area contributed by atoms with Crippen LogP contribution < -0.4 is 5.56 Å². The molecule has 0 unspecified atom stereocenters. The second kappa shape index (κ2) is 8.92. The van der Waals surface area contributed by atoms with Gasteiger partial charge in [0.15, 0.2) is 10.6 Å². The third-order valence-electron chi connectivity index (χ3n) is 6.90. The molecular formula is C24H29N3O4S. The molecule has 1 spiro atoms. The van der Waals surface area contributed by atoms with Gasteiger partial charge in [-0.1, -0.05) is 11.6 Å². The summed E-state index contributed by atoms with van der Waals surface area (Å²) in [6, 6.07) is 5.22. The molecule has 1 N–H and O–H groups in total. The van der Waals surface area contributed by atoms with Gasteiger partial charge >= 0.3 is 0 Å². The van der Waals surface area contributed by atoms with Gasteiger partial charge < -0.3 is 19.4 Å². The van der Waals surface area contributed by atoms with Crippen LogP contribution in [0.2, 0.25) is 0 Å². The molecule has 8 heteroatoms. The number of ether oxygens (including phenoxy) is 2. The van der Waals surface area contributed by atoms with Crippen LogP contribution >= 0.6 is 12.2 Å². The molecular weight excluding hydrogens is 426 g/mol. The Morgan fingerprint density at radius 1 is 1.16 bits per heavy atom. The van der Waals surface area contributed by atoms with Crippen molar-refractivity contribution in [3.05, 3.63) is 50.5 Å². The lowest BCUT2D eigenvalue weighted by Gasteiger charge is -2.37. The van der Waals surface area contributed by atoms with E-state index >= 15 is 0 Å². The molecule has 2 saturated heterocycles. The molecule has 2 fully saturated rings. The summed E-state index contributed by atoms with van der Waals surface area (Å²) in [5, 5.41) is 0.554. The Morgan fingerprint density at radius 3 is 2.66 bits per heavy atom. The van der Waals surface area contributed by atoms with Crippen molar-refractivity contribution in [2.24, 2.45) is 0 Å². The van der Waals surface area contributed by atoms with Gasteiger partial charge in [0.05, 0.1) is 24.1 Å². The zero-order valence-corrected chi connectivity index (χ0v) is 19.0. The van der Waals surface area contributed by atoms with E-state index in [1.807, 2.05) is 4.90 Å². The second-order valence-corrected chi connectivity index (χ2v) is 9.29. The molecule has 0 saturated carbocycles. The number of carbonyl (C=O) groups is 1. The number of fused-ring (bicyclic) bond motifs is 1. The molecule has 170 valence electrons. The molecule has 0 bridgehead atoms. The highest BCUT2D eigenvalue weighted by molar-refractivity contribution is 7.71. The number of aromatic nitrogens is 2. The number of benzene rings is 1. The lowest BCUT2D eigenvalue weighted by Crippen LogP contribution is -2.47. The topological polar surface area (TPSA) is 76.6 Å². The molecule has 2 aromatic rings. The molecule has 7 nitrogen and oxygen atoms in total. The van der Waals surface area contributed by atoms with Crippen molar-refractivity contribution in [3.63, 3.8) is 0 Å². The van der Waals surface area contributed by atoms with Crippen LogP contribution in [0.15, 0.2) is 34.6 Å². The van der Waals surface area contributed by atoms with Crippen LogP contribution in [0.1, 0.15) is 55.3 Å². The number of hydrogen-bond acceptors (Lipinski definition) is 5. The van der Waals surface area contributed by atoms with E-state index in [2.05, 4.69) is 11.1 Å². The number of nitrogens with zero attached hydrogens (tertiary/aromatic N) is 2. The predicted molar refractivity (Wildman–Crippen MR) is 124 cm³/mol. The minimum absolute atomic E-state index is 0.0486. The number of amides is 1. The number of likely N-dealkylation sites (tertiary alicyclic amines) is 1. The van der Waals surface area contributed by atoms with Crippen LogP contribution in [0.25, 0.3) is 10.9 Å². The number of piperidine rings is 1. The van der Waals surface area contributed by atoms with Crippen molar-refractivity contribution in [3.8, 4) is 0 Å². The first-order chi connectivity index (χ1) is 15.5. The summed E-state index contributed by atoms with van der Waals surface area (Å²) in [5.41, 5.74) is 2.47. The Kier molecular flexibility index (Phi) is 6.01. The number of carbonyl (C=O) groups excluding carboxylic acids is 1. The highest BCUT2D eigenvalue weighted by atomic mass is 32.1. The highest BCUT2D eigenvalue weighted by Gasteiger charge is 2.40. The summed E-state index contributed by atoms with van der Waals surface area (Å²) >= 11 is 5.49. The van der Waals surface area contributed by atoms with Crippen LogP contribution in [0.3, 0.4) is 0 Å². The van der Waals surface area contributed by atoms with Gasteiger partial charge in [0.2, 0.25) is 0 Å². The summed E-state index contributed by atoms with van der Waals surface area (Å²) in [4.78, 5) is 31.2. The zero-order chi connectivity index (χ0) is 22.1. The molecule has 0 atom stereocenters. The van der Waals surface area contributed by atoms with Gasteiger partial charge in [-0.25, -0.2) is 0 Å². The lowest BCUT2D eigenvalue weighted by molar-refractivity contribution is -0.181. The molecule has 3 heterocycles. The van der Waals surface area contributed by atoms with E-state index < -0.39 is 5.79 Å². The maximum Gasteiger partial charge on any atom is 0.262 e. The SMILES string of the molecule is O=C(c1ccc2c(=O)n(CCC3=CCCCC3)c(=S)[nH]c2c1)N1CCC2(CC1)OCCO2. The minimum atomic E-state index is -0.510. The highest BCUT2D eigenvalue weighted by Crippen LogP contribution is 2.31. The van der Waals surface area contributed by atoms with Crippen molar-refractivity contribution >= 4 is 29.0 Å². The number of rotatable bonds is 4. The molecule has 3 aliphatic rings. The average molecular weight is 456 g/mol. The van der Waals surface area contributed by atoms with E-state index in [1.54, 1.807) is 22.8 Å². The average Bonchev–Trinajstić information content (AvgIpc) is 3.27. The lowest BCUT2D eigenvalue weighted by atomic mass is 9.97. The van der Waals surface area contributed by atoms with Gasteiger partial charge in [-0.3, -0.25) is 14.2 Å². The summed E-state index contributed by atoms with van der Waals surface area (Å²) in [5.74, 6) is -0.559. The molecule has 0 radical (unpaired) electrons. The van der Waals surface area contributed by atoms with Gasteiger partial charge in [-0.2, -0.15) is 0 Å². The molecule has 2 aliphatic heterocycles. The normalized spacial score (nSPS) is 20.6. The largest absolute Gasteiger partial charge is 0.347 e. The fourth-order valence-corrected chi connectivity index (χ4v) is 5.28. The van der Waals surface area contributed by atoms with Crippen LogP contribution in [0.4, 0.5) is 0 Å². The Hall–Kier alpha value is -2.29. The molecule has 5 rings (SSSR count). The van der Waals surface area contributed by atoms with Crippen molar-refractivity contribution in [2.75, 3.05) is 26.3 Å². The van der Waals surface area contributed by atoms with Crippen molar-refractivity contribution < 1.29 is 14.3 Å². The van der Waals surface area contributed by atoms with Crippen molar-refractivity contribution in [2.45, 2.75) is 57.3 Å². The standard InChI is InChI=1S/C24H29N3O4S/c28-21(26-12-9-24(10-13-26)30-14-15-31-24)18-6-7-19-20(16-18)25-23(32)27(22(19)29)11-8-17-4-2-1-3-5-17/h4,6-7,16H,1-3,5,8-15H2,(H,25,32). The minimum Gasteiger partial charge on any atom is -0.347 e. The van der Waals surface area contributed by atoms with E-state index in [-0.39, 0.29) is 11.5 Å². The van der Waals surface area contributed by atoms with E-state index in [0.29, 0.717) is 66.9 Å². The van der Waals surface area contributed by atoms with Crippen molar-refractivity contribution in [1.29, 1.82) is 0 Å². The fraction of sp³-hybridized carbons (Fsp3) is 0.542. The number of hydrogen-bond donors (Lipinski definition) is 1. The Labute approximate surface area is 192 Å². The zero-order valence-electron chi connectivity index (χ0n) is 18.2. The molecule has 1 aromatic heterocycles. The van der Waals surface area contributed by atoms with Crippen LogP contribution in [0.5, 0.6) is 0 Å². The maximum atomic E-state index is 13.1. The summed E-state index contributed by atoms with van der Waals surface area (Å²) < 4.78 is 13.5. The summed E-state index contributed by atoms with van der Waals surface area (Å²) in [7, 11) is 0. The summed E-state index contributed by atoms with van der Waals surface area (Å²) in [6.07, 6.45) is 9.22. The fourth-order valence-electron chi connectivity index (χ4n) is 5.00. The quantitative estimate of drug-likeness (QED) is 0.558. The van der Waals surface area contributed by atoms with Gasteiger partial charge in [-0.15, -0.1) is 0 Å². The third kappa shape index (κ3) is 4.19. The Morgan fingerprint density at radius 2 is 1.94 bits per heavy atom. The van der Waals surface area contributed by atoms with Crippen LogP contribution in [-0.4, -0.2) is 52.4 Å². The van der Waals surface area contributed by atoms with E-state index in [1.165, 1.54) is 18.4 Å². The van der Waals surface area contributed by atoms with Gasteiger partial charge in [0.1, 0.15) is 0 Å². The maximum absolute atomic E-state index is 13.1. The molecule has 32 heavy (non-hydrogen) atoms. The monoisotopic (exact) mass is 455 g/mol. The van der Waals surface area contributed by atoms with E-state index in [9.17, 15) is 9.59 Å². The predicted octanol–water partition coefficient (Wildman–Crippen LogP) is 3.93. The Balaban J connectivity index is 1.34. The molecule has 1 amide bonds. The van der Waals surface area contributed by atoms with Gasteiger partial charge in [-0.05, 0) is 62.5 Å². The van der Waals surface area contributed by atoms with Crippen LogP contribution in [0, 0.1) is 4.77 Å². The first kappa shape index (κ1) is 21.6. The van der Waals surface area contributed by atoms with Gasteiger partial charge in [0, 0.05) is 38.0 Å².